The number of aliphatic imine (C=N–C) groups is 1. The molecule has 0 spiro atoms. The van der Waals surface area contributed by atoms with E-state index in [0.717, 1.165) is 24.1 Å². The van der Waals surface area contributed by atoms with Gasteiger partial charge in [-0.1, -0.05) is 75.1 Å². The first-order valence-electron chi connectivity index (χ1n) is 8.32. The molecule has 0 radical (unpaired) electrons. The highest BCUT2D eigenvalue weighted by Gasteiger charge is 2.27. The van der Waals surface area contributed by atoms with E-state index in [1.54, 1.807) is 0 Å². The van der Waals surface area contributed by atoms with E-state index in [2.05, 4.69) is 42.3 Å². The Morgan fingerprint density at radius 3 is 2.64 bits per heavy atom. The van der Waals surface area contributed by atoms with Gasteiger partial charge >= 0.3 is 0 Å². The van der Waals surface area contributed by atoms with E-state index in [4.69, 9.17) is 4.74 Å². The second-order valence-corrected chi connectivity index (χ2v) is 5.91. The number of rotatable bonds is 8. The zero-order valence-corrected chi connectivity index (χ0v) is 13.8. The largest absolute Gasteiger partial charge is 0.374 e. The molecule has 1 aromatic carbocycles. The minimum atomic E-state index is -0.125. The van der Waals surface area contributed by atoms with Crippen LogP contribution in [0.15, 0.2) is 59.2 Å². The summed E-state index contributed by atoms with van der Waals surface area (Å²) in [6.45, 7) is 2.24. The van der Waals surface area contributed by atoms with Crippen LogP contribution in [-0.2, 0) is 4.74 Å². The van der Waals surface area contributed by atoms with E-state index in [1.165, 1.54) is 25.7 Å². The Labute approximate surface area is 134 Å². The fourth-order valence-corrected chi connectivity index (χ4v) is 2.72. The van der Waals surface area contributed by atoms with Gasteiger partial charge in [0.1, 0.15) is 0 Å². The summed E-state index contributed by atoms with van der Waals surface area (Å²) in [5, 5.41) is 0. The molecule has 1 aromatic rings. The first kappa shape index (κ1) is 16.7. The zero-order chi connectivity index (χ0) is 15.7. The minimum Gasteiger partial charge on any atom is -0.374 e. The van der Waals surface area contributed by atoms with Crippen LogP contribution in [0.2, 0.25) is 0 Å². The van der Waals surface area contributed by atoms with Gasteiger partial charge in [-0.2, -0.15) is 0 Å². The fourth-order valence-electron chi connectivity index (χ4n) is 2.72. The van der Waals surface area contributed by atoms with E-state index >= 15 is 0 Å². The summed E-state index contributed by atoms with van der Waals surface area (Å²) in [7, 11) is 1.82. The molecule has 0 fully saturated rings. The standard InChI is InChI=1S/C20H27NO/c1-3-4-5-9-14-20(22-2)15-12-19(13-16-20)21-17-18-10-7-6-8-11-18/h6-8,10-13,15,17H,3-5,9,14,16H2,1-2H3. The van der Waals surface area contributed by atoms with Crippen LogP contribution in [0.1, 0.15) is 51.0 Å². The van der Waals surface area contributed by atoms with Gasteiger partial charge in [0.2, 0.25) is 0 Å². The number of allylic oxidation sites excluding steroid dienone is 1. The molecule has 0 heterocycles. The molecule has 1 atom stereocenters. The van der Waals surface area contributed by atoms with Crippen LogP contribution in [0.5, 0.6) is 0 Å². The molecule has 0 N–H and O–H groups in total. The van der Waals surface area contributed by atoms with Gasteiger partial charge in [-0.05, 0) is 18.1 Å². The summed E-state index contributed by atoms with van der Waals surface area (Å²) >= 11 is 0. The molecule has 1 aliphatic carbocycles. The monoisotopic (exact) mass is 297 g/mol. The number of nitrogens with zero attached hydrogens (tertiary/aromatic N) is 1. The van der Waals surface area contributed by atoms with Gasteiger partial charge in [0.15, 0.2) is 0 Å². The minimum absolute atomic E-state index is 0.125. The number of hydrogen-bond acceptors (Lipinski definition) is 2. The lowest BCUT2D eigenvalue weighted by atomic mass is 9.88. The van der Waals surface area contributed by atoms with Crippen molar-refractivity contribution in [3.05, 3.63) is 59.8 Å². The summed E-state index contributed by atoms with van der Waals surface area (Å²) in [5.41, 5.74) is 2.02. The lowest BCUT2D eigenvalue weighted by molar-refractivity contribution is 0.0241. The second-order valence-electron chi connectivity index (χ2n) is 5.91. The highest BCUT2D eigenvalue weighted by Crippen LogP contribution is 2.30. The van der Waals surface area contributed by atoms with Gasteiger partial charge in [0.05, 0.1) is 11.3 Å². The summed E-state index contributed by atoms with van der Waals surface area (Å²) in [4.78, 5) is 4.56. The van der Waals surface area contributed by atoms with Crippen LogP contribution in [0.25, 0.3) is 0 Å². The molecular formula is C20H27NO. The predicted molar refractivity (Wildman–Crippen MR) is 94.4 cm³/mol. The zero-order valence-electron chi connectivity index (χ0n) is 13.8. The molecule has 0 saturated heterocycles. The molecule has 0 bridgehead atoms. The normalized spacial score (nSPS) is 21.3. The van der Waals surface area contributed by atoms with Crippen LogP contribution in [0.3, 0.4) is 0 Å². The molecule has 0 aromatic heterocycles. The molecular weight excluding hydrogens is 270 g/mol. The number of benzene rings is 1. The van der Waals surface area contributed by atoms with Gasteiger partial charge in [0.25, 0.3) is 0 Å². The lowest BCUT2D eigenvalue weighted by Gasteiger charge is -2.30. The average Bonchev–Trinajstić information content (AvgIpc) is 2.59. The van der Waals surface area contributed by atoms with E-state index in [1.807, 2.05) is 31.5 Å². The molecule has 2 heteroatoms. The topological polar surface area (TPSA) is 21.6 Å². The van der Waals surface area contributed by atoms with E-state index < -0.39 is 0 Å². The van der Waals surface area contributed by atoms with Crippen LogP contribution >= 0.6 is 0 Å². The van der Waals surface area contributed by atoms with E-state index in [-0.39, 0.29) is 5.60 Å². The molecule has 1 aliphatic rings. The Hall–Kier alpha value is -1.67. The molecule has 118 valence electrons. The summed E-state index contributed by atoms with van der Waals surface area (Å²) < 4.78 is 5.79. The van der Waals surface area contributed by atoms with Gasteiger partial charge in [0, 0.05) is 19.7 Å². The average molecular weight is 297 g/mol. The summed E-state index contributed by atoms with van der Waals surface area (Å²) in [6, 6.07) is 10.2. The summed E-state index contributed by atoms with van der Waals surface area (Å²) in [6.07, 6.45) is 15.5. The highest BCUT2D eigenvalue weighted by atomic mass is 16.5. The maximum absolute atomic E-state index is 5.79. The maximum atomic E-state index is 5.79. The van der Waals surface area contributed by atoms with Crippen molar-refractivity contribution < 1.29 is 4.74 Å². The second kappa shape index (κ2) is 8.70. The highest BCUT2D eigenvalue weighted by molar-refractivity contribution is 5.80. The number of ether oxygens (including phenoxy) is 1. The molecule has 1 unspecified atom stereocenters. The molecule has 2 nitrogen and oxygen atoms in total. The Morgan fingerprint density at radius 1 is 1.18 bits per heavy atom. The van der Waals surface area contributed by atoms with Crippen molar-refractivity contribution in [1.82, 2.24) is 0 Å². The Bertz CT molecular complexity index is 530. The van der Waals surface area contributed by atoms with Crippen LogP contribution in [0.4, 0.5) is 0 Å². The van der Waals surface area contributed by atoms with Crippen molar-refractivity contribution in [2.75, 3.05) is 7.11 Å². The van der Waals surface area contributed by atoms with Gasteiger partial charge in [-0.3, -0.25) is 4.99 Å². The van der Waals surface area contributed by atoms with Crippen LogP contribution in [-0.4, -0.2) is 18.9 Å². The van der Waals surface area contributed by atoms with Gasteiger partial charge in [-0.25, -0.2) is 0 Å². The molecule has 22 heavy (non-hydrogen) atoms. The predicted octanol–water partition coefficient (Wildman–Crippen LogP) is 5.30. The number of unbranched alkanes of at least 4 members (excludes halogenated alkanes) is 3. The van der Waals surface area contributed by atoms with Gasteiger partial charge in [-0.15, -0.1) is 0 Å². The van der Waals surface area contributed by atoms with E-state index in [0.29, 0.717) is 0 Å². The molecule has 0 amide bonds. The third kappa shape index (κ3) is 4.96. The molecule has 0 aliphatic heterocycles. The van der Waals surface area contributed by atoms with Crippen LogP contribution < -0.4 is 0 Å². The lowest BCUT2D eigenvalue weighted by Crippen LogP contribution is -2.29. The van der Waals surface area contributed by atoms with Crippen molar-refractivity contribution in [2.24, 2.45) is 4.99 Å². The molecule has 2 rings (SSSR count). The van der Waals surface area contributed by atoms with Crippen molar-refractivity contribution >= 4 is 6.21 Å². The smallest absolute Gasteiger partial charge is 0.0897 e. The van der Waals surface area contributed by atoms with Crippen molar-refractivity contribution in [2.45, 2.75) is 51.0 Å². The van der Waals surface area contributed by atoms with Crippen molar-refractivity contribution in [3.63, 3.8) is 0 Å². The van der Waals surface area contributed by atoms with Crippen molar-refractivity contribution in [3.8, 4) is 0 Å². The Balaban J connectivity index is 1.90. The number of hydrogen-bond donors (Lipinski definition) is 0. The van der Waals surface area contributed by atoms with Crippen molar-refractivity contribution in [1.29, 1.82) is 0 Å². The molecule has 0 saturated carbocycles. The maximum Gasteiger partial charge on any atom is 0.0897 e. The third-order valence-corrected chi connectivity index (χ3v) is 4.24. The first-order valence-corrected chi connectivity index (χ1v) is 8.32. The van der Waals surface area contributed by atoms with E-state index in [9.17, 15) is 0 Å². The van der Waals surface area contributed by atoms with Gasteiger partial charge < -0.3 is 4.74 Å². The van der Waals surface area contributed by atoms with Crippen LogP contribution in [0, 0.1) is 0 Å². The summed E-state index contributed by atoms with van der Waals surface area (Å²) in [5.74, 6) is 0. The SMILES string of the molecule is CCCCCCC1(OC)C=CC(N=Cc2ccccc2)=CC1. The first-order chi connectivity index (χ1) is 10.8. The quantitative estimate of drug-likeness (QED) is 0.471. The number of methoxy groups -OCH3 is 1. The third-order valence-electron chi connectivity index (χ3n) is 4.24. The fraction of sp³-hybridized carbons (Fsp3) is 0.450. The Kier molecular flexibility index (Phi) is 6.60. The Morgan fingerprint density at radius 2 is 2.00 bits per heavy atom.